The molecule has 1 aromatic heterocycles. The SMILES string of the molecule is COC(=O)c1c(-c2ccccc2)c(-c2ccccc2)n(C(C)C)c1NC(=O)OCc1ccccc1. The lowest BCUT2D eigenvalue weighted by molar-refractivity contribution is 0.0602. The van der Waals surface area contributed by atoms with Gasteiger partial charge in [-0.05, 0) is 30.5 Å². The summed E-state index contributed by atoms with van der Waals surface area (Å²) in [6.07, 6.45) is -0.655. The molecule has 6 heteroatoms. The highest BCUT2D eigenvalue weighted by molar-refractivity contribution is 6.09. The van der Waals surface area contributed by atoms with Crippen LogP contribution in [-0.4, -0.2) is 23.7 Å². The first kappa shape index (κ1) is 23.8. The van der Waals surface area contributed by atoms with Gasteiger partial charge in [0.1, 0.15) is 18.0 Å². The fourth-order valence-electron chi connectivity index (χ4n) is 4.15. The summed E-state index contributed by atoms with van der Waals surface area (Å²) in [5.41, 5.74) is 4.40. The van der Waals surface area contributed by atoms with Gasteiger partial charge in [0.2, 0.25) is 0 Å². The number of hydrogen-bond donors (Lipinski definition) is 1. The van der Waals surface area contributed by atoms with E-state index in [1.165, 1.54) is 7.11 Å². The monoisotopic (exact) mass is 468 g/mol. The number of hydrogen-bond acceptors (Lipinski definition) is 4. The lowest BCUT2D eigenvalue weighted by atomic mass is 9.97. The minimum absolute atomic E-state index is 0.0875. The highest BCUT2D eigenvalue weighted by atomic mass is 16.5. The Morgan fingerprint density at radius 3 is 1.91 bits per heavy atom. The summed E-state index contributed by atoms with van der Waals surface area (Å²) in [6, 6.07) is 28.8. The van der Waals surface area contributed by atoms with Crippen LogP contribution in [0.25, 0.3) is 22.4 Å². The van der Waals surface area contributed by atoms with Gasteiger partial charge in [-0.2, -0.15) is 0 Å². The molecule has 178 valence electrons. The summed E-state index contributed by atoms with van der Waals surface area (Å²) >= 11 is 0. The molecule has 0 saturated heterocycles. The quantitative estimate of drug-likeness (QED) is 0.298. The Hall–Kier alpha value is -4.32. The van der Waals surface area contributed by atoms with Crippen molar-refractivity contribution in [2.24, 2.45) is 0 Å². The molecule has 0 atom stereocenters. The largest absolute Gasteiger partial charge is 0.465 e. The standard InChI is InChI=1S/C29H28N2O4/c1-20(2)31-26(23-17-11-6-12-18-23)24(22-15-9-5-10-16-22)25(28(32)34-3)27(31)30-29(33)35-19-21-13-7-4-8-14-21/h4-18,20H,19H2,1-3H3,(H,30,33). The summed E-state index contributed by atoms with van der Waals surface area (Å²) in [4.78, 5) is 26.1. The van der Waals surface area contributed by atoms with Gasteiger partial charge in [0.15, 0.2) is 0 Å². The predicted octanol–water partition coefficient (Wildman–Crippen LogP) is 6.94. The number of rotatable bonds is 7. The molecule has 0 unspecified atom stereocenters. The van der Waals surface area contributed by atoms with Crippen molar-refractivity contribution in [1.82, 2.24) is 4.57 Å². The topological polar surface area (TPSA) is 69.6 Å². The zero-order valence-electron chi connectivity index (χ0n) is 20.0. The maximum Gasteiger partial charge on any atom is 0.413 e. The van der Waals surface area contributed by atoms with E-state index in [1.54, 1.807) is 0 Å². The maximum atomic E-state index is 13.2. The van der Waals surface area contributed by atoms with Gasteiger partial charge in [-0.15, -0.1) is 0 Å². The van der Waals surface area contributed by atoms with Crippen LogP contribution in [0.15, 0.2) is 91.0 Å². The molecule has 4 aromatic rings. The average Bonchev–Trinajstić information content (AvgIpc) is 3.23. The predicted molar refractivity (Wildman–Crippen MR) is 137 cm³/mol. The van der Waals surface area contributed by atoms with Crippen molar-refractivity contribution in [2.45, 2.75) is 26.5 Å². The second-order valence-electron chi connectivity index (χ2n) is 8.32. The molecule has 0 bridgehead atoms. The zero-order valence-corrected chi connectivity index (χ0v) is 20.0. The van der Waals surface area contributed by atoms with Crippen LogP contribution >= 0.6 is 0 Å². The first-order valence-corrected chi connectivity index (χ1v) is 11.5. The summed E-state index contributed by atoms with van der Waals surface area (Å²) in [5, 5.41) is 2.85. The van der Waals surface area contributed by atoms with Gasteiger partial charge in [0.25, 0.3) is 0 Å². The highest BCUT2D eigenvalue weighted by Crippen LogP contribution is 2.44. The lowest BCUT2D eigenvalue weighted by Crippen LogP contribution is -2.19. The first-order valence-electron chi connectivity index (χ1n) is 11.5. The summed E-state index contributed by atoms with van der Waals surface area (Å²) in [5.74, 6) is -0.207. The molecule has 1 amide bonds. The van der Waals surface area contributed by atoms with Crippen molar-refractivity contribution >= 4 is 17.9 Å². The first-order chi connectivity index (χ1) is 17.0. The number of benzene rings is 3. The van der Waals surface area contributed by atoms with Crippen molar-refractivity contribution in [2.75, 3.05) is 12.4 Å². The van der Waals surface area contributed by atoms with Gasteiger partial charge in [-0.1, -0.05) is 91.0 Å². The van der Waals surface area contributed by atoms with E-state index in [9.17, 15) is 9.59 Å². The van der Waals surface area contributed by atoms with Gasteiger partial charge in [-0.3, -0.25) is 5.32 Å². The van der Waals surface area contributed by atoms with E-state index in [1.807, 2.05) is 109 Å². The van der Waals surface area contributed by atoms with Crippen LogP contribution in [0.2, 0.25) is 0 Å². The van der Waals surface area contributed by atoms with E-state index in [0.717, 1.165) is 22.4 Å². The third-order valence-electron chi connectivity index (χ3n) is 5.65. The van der Waals surface area contributed by atoms with Crippen molar-refractivity contribution in [1.29, 1.82) is 0 Å². The van der Waals surface area contributed by atoms with E-state index >= 15 is 0 Å². The molecule has 0 saturated carbocycles. The molecule has 0 spiro atoms. The molecule has 0 aliphatic heterocycles. The lowest BCUT2D eigenvalue weighted by Gasteiger charge is -2.19. The molecule has 6 nitrogen and oxygen atoms in total. The third-order valence-corrected chi connectivity index (χ3v) is 5.65. The molecule has 1 heterocycles. The van der Waals surface area contributed by atoms with Crippen molar-refractivity contribution in [3.05, 3.63) is 102 Å². The summed E-state index contributed by atoms with van der Waals surface area (Å²) < 4.78 is 12.6. The number of amides is 1. The van der Waals surface area contributed by atoms with Crippen LogP contribution in [0.3, 0.4) is 0 Å². The van der Waals surface area contributed by atoms with E-state index in [2.05, 4.69) is 5.32 Å². The van der Waals surface area contributed by atoms with Gasteiger partial charge in [0, 0.05) is 11.6 Å². The van der Waals surface area contributed by atoms with Gasteiger partial charge in [0.05, 0.1) is 12.8 Å². The highest BCUT2D eigenvalue weighted by Gasteiger charge is 2.31. The molecular formula is C29H28N2O4. The number of ether oxygens (including phenoxy) is 2. The Morgan fingerprint density at radius 1 is 0.829 bits per heavy atom. The minimum Gasteiger partial charge on any atom is -0.465 e. The number of esters is 1. The second kappa shape index (κ2) is 10.7. The molecule has 0 aliphatic carbocycles. The van der Waals surface area contributed by atoms with Crippen LogP contribution in [-0.2, 0) is 16.1 Å². The van der Waals surface area contributed by atoms with E-state index in [-0.39, 0.29) is 18.2 Å². The molecule has 0 radical (unpaired) electrons. The van der Waals surface area contributed by atoms with E-state index in [0.29, 0.717) is 11.4 Å². The Morgan fingerprint density at radius 2 is 1.37 bits per heavy atom. The number of anilines is 1. The fraction of sp³-hybridized carbons (Fsp3) is 0.172. The smallest absolute Gasteiger partial charge is 0.413 e. The van der Waals surface area contributed by atoms with E-state index in [4.69, 9.17) is 9.47 Å². The number of carbonyl (C=O) groups excluding carboxylic acids is 2. The molecule has 0 fully saturated rings. The Balaban J connectivity index is 1.88. The number of aromatic nitrogens is 1. The summed E-state index contributed by atoms with van der Waals surface area (Å²) in [6.45, 7) is 4.12. The number of carbonyl (C=O) groups is 2. The Bertz CT molecular complexity index is 1300. The zero-order chi connectivity index (χ0) is 24.8. The van der Waals surface area contributed by atoms with Crippen LogP contribution in [0.1, 0.15) is 35.8 Å². The van der Waals surface area contributed by atoms with Crippen LogP contribution in [0.5, 0.6) is 0 Å². The van der Waals surface area contributed by atoms with Crippen molar-refractivity contribution < 1.29 is 19.1 Å². The minimum atomic E-state index is -0.655. The number of methoxy groups -OCH3 is 1. The van der Waals surface area contributed by atoms with Crippen LogP contribution in [0, 0.1) is 0 Å². The number of nitrogens with zero attached hydrogens (tertiary/aromatic N) is 1. The van der Waals surface area contributed by atoms with Crippen molar-refractivity contribution in [3.8, 4) is 22.4 Å². The molecule has 0 aliphatic rings. The Labute approximate surface area is 205 Å². The van der Waals surface area contributed by atoms with E-state index < -0.39 is 12.1 Å². The maximum absolute atomic E-state index is 13.2. The third kappa shape index (κ3) is 5.11. The molecular weight excluding hydrogens is 440 g/mol. The van der Waals surface area contributed by atoms with Gasteiger partial charge in [-0.25, -0.2) is 9.59 Å². The molecule has 3 aromatic carbocycles. The second-order valence-corrected chi connectivity index (χ2v) is 8.32. The normalized spacial score (nSPS) is 10.7. The van der Waals surface area contributed by atoms with Crippen LogP contribution in [0.4, 0.5) is 10.6 Å². The average molecular weight is 469 g/mol. The van der Waals surface area contributed by atoms with Gasteiger partial charge >= 0.3 is 12.1 Å². The summed E-state index contributed by atoms with van der Waals surface area (Å²) in [7, 11) is 1.34. The van der Waals surface area contributed by atoms with Crippen molar-refractivity contribution in [3.63, 3.8) is 0 Å². The Kier molecular flexibility index (Phi) is 7.31. The molecule has 35 heavy (non-hydrogen) atoms. The van der Waals surface area contributed by atoms with Crippen LogP contribution < -0.4 is 5.32 Å². The molecule has 4 rings (SSSR count). The fourth-order valence-corrected chi connectivity index (χ4v) is 4.15. The number of nitrogens with one attached hydrogen (secondary N) is 1. The molecule has 1 N–H and O–H groups in total. The van der Waals surface area contributed by atoms with Gasteiger partial charge < -0.3 is 14.0 Å².